The number of nitrogens with two attached hydrogens (primary N) is 1. The number of carbonyl (C=O) groups excluding carboxylic acids is 2. The van der Waals surface area contributed by atoms with Gasteiger partial charge in [0.2, 0.25) is 0 Å². The van der Waals surface area contributed by atoms with E-state index in [4.69, 9.17) is 4.42 Å². The van der Waals surface area contributed by atoms with Gasteiger partial charge in [0, 0.05) is 12.1 Å². The van der Waals surface area contributed by atoms with Crippen molar-refractivity contribution in [2.24, 2.45) is 0 Å². The number of benzene rings is 1. The molecule has 0 saturated heterocycles. The molecule has 122 valence electrons. The van der Waals surface area contributed by atoms with Crippen molar-refractivity contribution >= 4 is 11.9 Å². The van der Waals surface area contributed by atoms with Gasteiger partial charge in [-0.25, -0.2) is 4.79 Å². The van der Waals surface area contributed by atoms with E-state index in [-0.39, 0.29) is 11.9 Å². The highest BCUT2D eigenvalue weighted by Gasteiger charge is 2.28. The lowest BCUT2D eigenvalue weighted by molar-refractivity contribution is -0.720. The number of imide groups is 1. The normalized spacial score (nSPS) is 13.1. The Labute approximate surface area is 135 Å². The molecular weight excluding hydrogens is 294 g/mol. The van der Waals surface area contributed by atoms with Crippen molar-refractivity contribution in [1.29, 1.82) is 0 Å². The van der Waals surface area contributed by atoms with Crippen LogP contribution in [0, 0.1) is 0 Å². The minimum Gasteiger partial charge on any atom is -0.463 e. The zero-order valence-electron chi connectivity index (χ0n) is 13.3. The van der Waals surface area contributed by atoms with Gasteiger partial charge in [-0.3, -0.25) is 10.1 Å². The van der Waals surface area contributed by atoms with Crippen molar-refractivity contribution in [3.05, 3.63) is 60.1 Å². The minimum absolute atomic E-state index is 0.0600. The van der Waals surface area contributed by atoms with Gasteiger partial charge in [0.15, 0.2) is 11.8 Å². The van der Waals surface area contributed by atoms with Gasteiger partial charge in [0.25, 0.3) is 5.91 Å². The highest BCUT2D eigenvalue weighted by Crippen LogP contribution is 2.13. The van der Waals surface area contributed by atoms with Crippen LogP contribution in [0.5, 0.6) is 0 Å². The van der Waals surface area contributed by atoms with Crippen LogP contribution in [0.1, 0.15) is 37.3 Å². The Morgan fingerprint density at radius 1 is 1.17 bits per heavy atom. The average molecular weight is 316 g/mol. The molecule has 1 aromatic heterocycles. The highest BCUT2D eigenvalue weighted by atomic mass is 16.3. The molecule has 23 heavy (non-hydrogen) atoms. The third kappa shape index (κ3) is 4.69. The lowest BCUT2D eigenvalue weighted by Crippen LogP contribution is -2.88. The molecule has 2 atom stereocenters. The first-order valence-corrected chi connectivity index (χ1v) is 7.63. The first kappa shape index (κ1) is 16.8. The van der Waals surface area contributed by atoms with Crippen molar-refractivity contribution < 1.29 is 19.3 Å². The maximum absolute atomic E-state index is 12.5. The SMILES string of the molecule is CCNC(=O)NC(=O)[C@@H]([NH2+][C@H](C)c1ccco1)c1ccccc1. The van der Waals surface area contributed by atoms with E-state index in [1.54, 1.807) is 13.2 Å². The van der Waals surface area contributed by atoms with E-state index in [2.05, 4.69) is 10.6 Å². The summed E-state index contributed by atoms with van der Waals surface area (Å²) in [6, 6.07) is 11.9. The van der Waals surface area contributed by atoms with E-state index in [1.165, 1.54) is 0 Å². The van der Waals surface area contributed by atoms with Gasteiger partial charge >= 0.3 is 6.03 Å². The van der Waals surface area contributed by atoms with Crippen LogP contribution < -0.4 is 16.0 Å². The molecule has 1 aromatic carbocycles. The van der Waals surface area contributed by atoms with Crippen molar-refractivity contribution in [2.75, 3.05) is 6.54 Å². The second-order valence-corrected chi connectivity index (χ2v) is 5.23. The molecule has 0 fully saturated rings. The van der Waals surface area contributed by atoms with Crippen molar-refractivity contribution in [3.63, 3.8) is 0 Å². The first-order chi connectivity index (χ1) is 11.1. The van der Waals surface area contributed by atoms with Crippen molar-refractivity contribution in [2.45, 2.75) is 25.9 Å². The third-order valence-corrected chi connectivity index (χ3v) is 3.49. The number of urea groups is 1. The molecule has 0 aliphatic rings. The van der Waals surface area contributed by atoms with Crippen molar-refractivity contribution in [3.8, 4) is 0 Å². The van der Waals surface area contributed by atoms with Crippen LogP contribution in [0.4, 0.5) is 4.79 Å². The van der Waals surface area contributed by atoms with E-state index in [0.717, 1.165) is 11.3 Å². The maximum Gasteiger partial charge on any atom is 0.321 e. The van der Waals surface area contributed by atoms with Crippen LogP contribution in [-0.2, 0) is 4.79 Å². The molecule has 0 aliphatic heterocycles. The Balaban J connectivity index is 2.15. The van der Waals surface area contributed by atoms with E-state index in [9.17, 15) is 9.59 Å². The van der Waals surface area contributed by atoms with Gasteiger partial charge < -0.3 is 15.1 Å². The minimum atomic E-state index is -0.543. The fourth-order valence-corrected chi connectivity index (χ4v) is 2.34. The Morgan fingerprint density at radius 2 is 1.91 bits per heavy atom. The fourth-order valence-electron chi connectivity index (χ4n) is 2.34. The number of rotatable bonds is 6. The third-order valence-electron chi connectivity index (χ3n) is 3.49. The molecule has 0 spiro atoms. The summed E-state index contributed by atoms with van der Waals surface area (Å²) in [5, 5.41) is 6.82. The quantitative estimate of drug-likeness (QED) is 0.754. The molecule has 1 heterocycles. The standard InChI is InChI=1S/C17H21N3O3/c1-3-18-17(22)20-16(21)15(13-8-5-4-6-9-13)19-12(2)14-10-7-11-23-14/h4-12,15,19H,3H2,1-2H3,(H2,18,20,21,22)/p+1/t12-,15+/m1/s1. The van der Waals surface area contributed by atoms with Crippen LogP contribution >= 0.6 is 0 Å². The predicted molar refractivity (Wildman–Crippen MR) is 85.4 cm³/mol. The second-order valence-electron chi connectivity index (χ2n) is 5.23. The molecule has 4 N–H and O–H groups in total. The Hall–Kier alpha value is -2.60. The highest BCUT2D eigenvalue weighted by molar-refractivity contribution is 5.96. The predicted octanol–water partition coefficient (Wildman–Crippen LogP) is 1.49. The Bertz CT molecular complexity index is 626. The fraction of sp³-hybridized carbons (Fsp3) is 0.294. The largest absolute Gasteiger partial charge is 0.463 e. The summed E-state index contributed by atoms with van der Waals surface area (Å²) in [6.07, 6.45) is 1.60. The zero-order chi connectivity index (χ0) is 16.7. The van der Waals surface area contributed by atoms with Gasteiger partial charge in [-0.2, -0.15) is 0 Å². The summed E-state index contributed by atoms with van der Waals surface area (Å²) in [5.41, 5.74) is 0.827. The van der Waals surface area contributed by atoms with E-state index in [1.807, 2.05) is 54.7 Å². The van der Waals surface area contributed by atoms with Crippen LogP contribution in [0.3, 0.4) is 0 Å². The molecule has 0 radical (unpaired) electrons. The van der Waals surface area contributed by atoms with Gasteiger partial charge in [-0.05, 0) is 26.0 Å². The molecule has 0 bridgehead atoms. The van der Waals surface area contributed by atoms with Gasteiger partial charge in [0.05, 0.1) is 6.26 Å². The molecular formula is C17H22N3O3+. The number of nitrogens with one attached hydrogen (secondary N) is 2. The first-order valence-electron chi connectivity index (χ1n) is 7.63. The van der Waals surface area contributed by atoms with Crippen LogP contribution in [0.25, 0.3) is 0 Å². The Kier molecular flexibility index (Phi) is 5.94. The number of amides is 3. The number of quaternary nitrogens is 1. The summed E-state index contributed by atoms with van der Waals surface area (Å²) < 4.78 is 5.39. The van der Waals surface area contributed by atoms with E-state index >= 15 is 0 Å². The van der Waals surface area contributed by atoms with E-state index < -0.39 is 12.1 Å². The van der Waals surface area contributed by atoms with Gasteiger partial charge in [-0.1, -0.05) is 30.3 Å². The second kappa shape index (κ2) is 8.14. The van der Waals surface area contributed by atoms with Crippen LogP contribution in [0.2, 0.25) is 0 Å². The van der Waals surface area contributed by atoms with Crippen LogP contribution in [-0.4, -0.2) is 18.5 Å². The summed E-state index contributed by atoms with van der Waals surface area (Å²) in [7, 11) is 0. The lowest BCUT2D eigenvalue weighted by atomic mass is 10.0. The van der Waals surface area contributed by atoms with Crippen LogP contribution in [0.15, 0.2) is 53.1 Å². The number of hydrogen-bond acceptors (Lipinski definition) is 3. The smallest absolute Gasteiger partial charge is 0.321 e. The van der Waals surface area contributed by atoms with Gasteiger partial charge in [0.1, 0.15) is 6.04 Å². The molecule has 0 unspecified atom stereocenters. The molecule has 2 rings (SSSR count). The summed E-state index contributed by atoms with van der Waals surface area (Å²) in [4.78, 5) is 24.1. The molecule has 6 heteroatoms. The summed E-state index contributed by atoms with van der Waals surface area (Å²) >= 11 is 0. The molecule has 6 nitrogen and oxygen atoms in total. The topological polar surface area (TPSA) is 88.0 Å². The molecule has 0 aliphatic carbocycles. The average Bonchev–Trinajstić information content (AvgIpc) is 3.07. The maximum atomic E-state index is 12.5. The monoisotopic (exact) mass is 316 g/mol. The number of carbonyl (C=O) groups is 2. The number of furan rings is 1. The summed E-state index contributed by atoms with van der Waals surface area (Å²) in [6.45, 7) is 4.21. The zero-order valence-corrected chi connectivity index (χ0v) is 13.3. The molecule has 2 aromatic rings. The number of hydrogen-bond donors (Lipinski definition) is 3. The molecule has 3 amide bonds. The van der Waals surface area contributed by atoms with Gasteiger partial charge in [-0.15, -0.1) is 0 Å². The Morgan fingerprint density at radius 3 is 2.52 bits per heavy atom. The lowest BCUT2D eigenvalue weighted by Gasteiger charge is -2.18. The van der Waals surface area contributed by atoms with Crippen molar-refractivity contribution in [1.82, 2.24) is 10.6 Å². The summed E-state index contributed by atoms with van der Waals surface area (Å²) in [5.74, 6) is 0.414. The van der Waals surface area contributed by atoms with E-state index in [0.29, 0.717) is 6.54 Å². The molecule has 0 saturated carbocycles.